The lowest BCUT2D eigenvalue weighted by atomic mass is 10.1. The minimum atomic E-state index is 1.18. The van der Waals surface area contributed by atoms with Crippen molar-refractivity contribution in [1.29, 1.82) is 0 Å². The van der Waals surface area contributed by atoms with Crippen LogP contribution < -0.4 is 0 Å². The second kappa shape index (κ2) is 3.91. The molecule has 16 heavy (non-hydrogen) atoms. The molecule has 0 fully saturated rings. The summed E-state index contributed by atoms with van der Waals surface area (Å²) in [7, 11) is 0. The lowest BCUT2D eigenvalue weighted by Crippen LogP contribution is -1.81. The lowest BCUT2D eigenvalue weighted by molar-refractivity contribution is 0.931. The molecule has 0 radical (unpaired) electrons. The van der Waals surface area contributed by atoms with E-state index in [1.54, 1.807) is 0 Å². The second-order valence-electron chi connectivity index (χ2n) is 4.14. The van der Waals surface area contributed by atoms with Crippen LogP contribution in [0.2, 0.25) is 0 Å². The maximum absolute atomic E-state index is 2.27. The smallest absolute Gasteiger partial charge is 0.0387 e. The van der Waals surface area contributed by atoms with Gasteiger partial charge in [-0.15, -0.1) is 11.3 Å². The molecule has 1 heterocycles. The first-order valence-electron chi connectivity index (χ1n) is 5.79. The van der Waals surface area contributed by atoms with Crippen LogP contribution in [0.3, 0.4) is 0 Å². The Balaban J connectivity index is 2.39. The Hall–Kier alpha value is -1.34. The summed E-state index contributed by atoms with van der Waals surface area (Å²) in [6.45, 7) is 2.24. The maximum Gasteiger partial charge on any atom is 0.0387 e. The summed E-state index contributed by atoms with van der Waals surface area (Å²) < 4.78 is 2.88. The van der Waals surface area contributed by atoms with Gasteiger partial charge in [0.1, 0.15) is 0 Å². The van der Waals surface area contributed by atoms with Gasteiger partial charge in [0.15, 0.2) is 0 Å². The third-order valence-electron chi connectivity index (χ3n) is 3.01. The van der Waals surface area contributed by atoms with Crippen LogP contribution in [0.25, 0.3) is 20.2 Å². The van der Waals surface area contributed by atoms with Crippen molar-refractivity contribution in [2.24, 2.45) is 0 Å². The van der Waals surface area contributed by atoms with E-state index in [9.17, 15) is 0 Å². The van der Waals surface area contributed by atoms with Crippen LogP contribution in [0.5, 0.6) is 0 Å². The molecule has 0 N–H and O–H groups in total. The standard InChI is InChI=1S/C15H14S/c1-2-6-11-7-5-9-13-12-8-3-4-10-14(12)16-15(11)13/h3-5,7-10H,2,6H2,1H3. The molecule has 1 aromatic heterocycles. The van der Waals surface area contributed by atoms with E-state index in [4.69, 9.17) is 0 Å². The Morgan fingerprint density at radius 3 is 2.62 bits per heavy atom. The van der Waals surface area contributed by atoms with Crippen molar-refractivity contribution in [2.75, 3.05) is 0 Å². The highest BCUT2D eigenvalue weighted by molar-refractivity contribution is 7.26. The quantitative estimate of drug-likeness (QED) is 0.576. The number of rotatable bonds is 2. The Bertz CT molecular complexity index is 634. The summed E-state index contributed by atoms with van der Waals surface area (Å²) in [6.07, 6.45) is 2.40. The molecule has 0 aliphatic rings. The zero-order valence-electron chi connectivity index (χ0n) is 9.36. The van der Waals surface area contributed by atoms with Gasteiger partial charge in [0.2, 0.25) is 0 Å². The van der Waals surface area contributed by atoms with E-state index < -0.39 is 0 Å². The molecular weight excluding hydrogens is 212 g/mol. The second-order valence-corrected chi connectivity index (χ2v) is 5.19. The van der Waals surface area contributed by atoms with Crippen molar-refractivity contribution in [2.45, 2.75) is 19.8 Å². The molecule has 3 rings (SSSR count). The van der Waals surface area contributed by atoms with Crippen molar-refractivity contribution in [3.05, 3.63) is 48.0 Å². The molecule has 1 heteroatoms. The molecule has 0 aliphatic carbocycles. The van der Waals surface area contributed by atoms with Gasteiger partial charge < -0.3 is 0 Å². The van der Waals surface area contributed by atoms with E-state index in [1.807, 2.05) is 11.3 Å². The fourth-order valence-electron chi connectivity index (χ4n) is 2.27. The van der Waals surface area contributed by atoms with E-state index in [-0.39, 0.29) is 0 Å². The SMILES string of the molecule is CCCc1cccc2c1sc1ccccc12. The number of hydrogen-bond donors (Lipinski definition) is 0. The Morgan fingerprint density at radius 2 is 1.75 bits per heavy atom. The number of thiophene rings is 1. The highest BCUT2D eigenvalue weighted by Gasteiger charge is 2.06. The van der Waals surface area contributed by atoms with Crippen molar-refractivity contribution < 1.29 is 0 Å². The van der Waals surface area contributed by atoms with Gasteiger partial charge in [0, 0.05) is 20.2 Å². The van der Waals surface area contributed by atoms with Crippen molar-refractivity contribution in [3.8, 4) is 0 Å². The number of benzene rings is 2. The van der Waals surface area contributed by atoms with Crippen LogP contribution in [-0.2, 0) is 6.42 Å². The summed E-state index contributed by atoms with van der Waals surface area (Å²) in [5.41, 5.74) is 1.50. The van der Waals surface area contributed by atoms with Gasteiger partial charge in [-0.2, -0.15) is 0 Å². The van der Waals surface area contributed by atoms with Crippen LogP contribution in [0.15, 0.2) is 42.5 Å². The molecule has 0 atom stereocenters. The minimum Gasteiger partial charge on any atom is -0.135 e. The first-order chi connectivity index (χ1) is 7.90. The zero-order valence-corrected chi connectivity index (χ0v) is 10.2. The van der Waals surface area contributed by atoms with Crippen LogP contribution in [0.4, 0.5) is 0 Å². The van der Waals surface area contributed by atoms with Crippen molar-refractivity contribution in [1.82, 2.24) is 0 Å². The van der Waals surface area contributed by atoms with Gasteiger partial charge in [-0.3, -0.25) is 0 Å². The van der Waals surface area contributed by atoms with Crippen LogP contribution in [0.1, 0.15) is 18.9 Å². The number of fused-ring (bicyclic) bond motifs is 3. The topological polar surface area (TPSA) is 0 Å². The minimum absolute atomic E-state index is 1.18. The van der Waals surface area contributed by atoms with Gasteiger partial charge >= 0.3 is 0 Å². The summed E-state index contributed by atoms with van der Waals surface area (Å²) in [5, 5.41) is 2.83. The molecule has 0 saturated heterocycles. The van der Waals surface area contributed by atoms with Crippen molar-refractivity contribution >= 4 is 31.5 Å². The normalized spacial score (nSPS) is 11.3. The van der Waals surface area contributed by atoms with E-state index in [1.165, 1.54) is 38.6 Å². The first-order valence-corrected chi connectivity index (χ1v) is 6.61. The van der Waals surface area contributed by atoms with E-state index in [2.05, 4.69) is 49.4 Å². The first kappa shape index (κ1) is 9.86. The highest BCUT2D eigenvalue weighted by Crippen LogP contribution is 2.35. The monoisotopic (exact) mass is 226 g/mol. The Labute approximate surface area is 99.5 Å². The summed E-state index contributed by atoms with van der Waals surface area (Å²) >= 11 is 1.93. The highest BCUT2D eigenvalue weighted by atomic mass is 32.1. The molecule has 0 amide bonds. The zero-order chi connectivity index (χ0) is 11.0. The molecule has 2 aromatic carbocycles. The molecule has 0 spiro atoms. The molecule has 0 bridgehead atoms. The Kier molecular flexibility index (Phi) is 2.41. The van der Waals surface area contributed by atoms with E-state index in [0.29, 0.717) is 0 Å². The summed E-state index contributed by atoms with van der Waals surface area (Å²) in [4.78, 5) is 0. The van der Waals surface area contributed by atoms with Gasteiger partial charge in [-0.1, -0.05) is 49.7 Å². The number of aryl methyl sites for hydroxylation is 1. The summed E-state index contributed by atoms with van der Waals surface area (Å²) in [5.74, 6) is 0. The van der Waals surface area contributed by atoms with Gasteiger partial charge in [0.05, 0.1) is 0 Å². The average Bonchev–Trinajstić information content (AvgIpc) is 2.69. The van der Waals surface area contributed by atoms with Crippen LogP contribution >= 0.6 is 11.3 Å². The van der Waals surface area contributed by atoms with E-state index in [0.717, 1.165) is 0 Å². The molecular formula is C15H14S. The average molecular weight is 226 g/mol. The molecule has 0 nitrogen and oxygen atoms in total. The van der Waals surface area contributed by atoms with Gasteiger partial charge in [-0.05, 0) is 18.1 Å². The third kappa shape index (κ3) is 1.43. The van der Waals surface area contributed by atoms with Gasteiger partial charge in [0.25, 0.3) is 0 Å². The Morgan fingerprint density at radius 1 is 0.938 bits per heavy atom. The third-order valence-corrected chi connectivity index (χ3v) is 4.27. The predicted octanol–water partition coefficient (Wildman–Crippen LogP) is 5.01. The fraction of sp³-hybridized carbons (Fsp3) is 0.200. The van der Waals surface area contributed by atoms with Gasteiger partial charge in [-0.25, -0.2) is 0 Å². The molecule has 0 saturated carbocycles. The van der Waals surface area contributed by atoms with Crippen molar-refractivity contribution in [3.63, 3.8) is 0 Å². The maximum atomic E-state index is 2.27. The summed E-state index contributed by atoms with van der Waals surface area (Å²) in [6, 6.07) is 15.4. The van der Waals surface area contributed by atoms with E-state index >= 15 is 0 Å². The lowest BCUT2D eigenvalue weighted by Gasteiger charge is -1.99. The largest absolute Gasteiger partial charge is 0.135 e. The molecule has 0 aliphatic heterocycles. The fourth-order valence-corrected chi connectivity index (χ4v) is 3.52. The predicted molar refractivity (Wildman–Crippen MR) is 73.3 cm³/mol. The number of hydrogen-bond acceptors (Lipinski definition) is 1. The van der Waals surface area contributed by atoms with Crippen LogP contribution in [0, 0.1) is 0 Å². The molecule has 80 valence electrons. The van der Waals surface area contributed by atoms with Crippen LogP contribution in [-0.4, -0.2) is 0 Å². The molecule has 0 unspecified atom stereocenters. The molecule has 3 aromatic rings.